The molecule has 1 aromatic heterocycles. The van der Waals surface area contributed by atoms with E-state index in [2.05, 4.69) is 26.1 Å². The Labute approximate surface area is 133 Å². The lowest BCUT2D eigenvalue weighted by Gasteiger charge is -2.38. The van der Waals surface area contributed by atoms with E-state index in [9.17, 15) is 4.79 Å². The summed E-state index contributed by atoms with van der Waals surface area (Å²) in [6.45, 7) is 6.77. The van der Waals surface area contributed by atoms with Gasteiger partial charge in [-0.3, -0.25) is 0 Å². The van der Waals surface area contributed by atoms with Crippen molar-refractivity contribution in [2.45, 2.75) is 51.6 Å². The van der Waals surface area contributed by atoms with E-state index in [1.165, 1.54) is 0 Å². The Balaban J connectivity index is 1.78. The minimum atomic E-state index is -0.461. The molecule has 0 radical (unpaired) electrons. The molecule has 2 heterocycles. The lowest BCUT2D eigenvalue weighted by Crippen LogP contribution is -2.50. The highest BCUT2D eigenvalue weighted by atomic mass is 79.9. The predicted octanol–water partition coefficient (Wildman–Crippen LogP) is 3.12. The van der Waals surface area contributed by atoms with Crippen LogP contribution < -0.4 is 0 Å². The molecule has 0 spiro atoms. The van der Waals surface area contributed by atoms with Gasteiger partial charge in [-0.1, -0.05) is 21.1 Å². The van der Waals surface area contributed by atoms with Gasteiger partial charge in [0.2, 0.25) is 5.89 Å². The minimum Gasteiger partial charge on any atom is -0.444 e. The van der Waals surface area contributed by atoms with Crippen LogP contribution in [-0.4, -0.2) is 45.2 Å². The summed E-state index contributed by atoms with van der Waals surface area (Å²) in [7, 11) is 0. The number of amides is 1. The van der Waals surface area contributed by atoms with Gasteiger partial charge >= 0.3 is 6.09 Å². The molecule has 0 saturated carbocycles. The maximum atomic E-state index is 11.8. The van der Waals surface area contributed by atoms with Gasteiger partial charge in [0.1, 0.15) is 5.60 Å². The number of alkyl halides is 1. The number of aromatic nitrogens is 2. The first-order chi connectivity index (χ1) is 9.89. The molecule has 0 atom stereocenters. The molecule has 1 aromatic rings. The van der Waals surface area contributed by atoms with Crippen LogP contribution >= 0.6 is 15.9 Å². The van der Waals surface area contributed by atoms with Crippen LogP contribution in [0.2, 0.25) is 0 Å². The highest BCUT2D eigenvalue weighted by Crippen LogP contribution is 2.26. The number of likely N-dealkylation sites (tertiary alicyclic amines) is 1. The second kappa shape index (κ2) is 6.77. The number of nitrogens with zero attached hydrogens (tertiary/aromatic N) is 3. The summed E-state index contributed by atoms with van der Waals surface area (Å²) in [6.07, 6.45) is 2.65. The number of carbonyl (C=O) groups is 1. The smallest absolute Gasteiger partial charge is 0.410 e. The summed E-state index contributed by atoms with van der Waals surface area (Å²) >= 11 is 3.40. The molecule has 0 aliphatic carbocycles. The largest absolute Gasteiger partial charge is 0.444 e. The molecular weight excluding hydrogens is 338 g/mol. The Morgan fingerprint density at radius 1 is 1.43 bits per heavy atom. The van der Waals surface area contributed by atoms with Crippen molar-refractivity contribution < 1.29 is 14.1 Å². The fourth-order valence-corrected chi connectivity index (χ4v) is 2.42. The van der Waals surface area contributed by atoms with Gasteiger partial charge in [-0.15, -0.1) is 0 Å². The summed E-state index contributed by atoms with van der Waals surface area (Å²) in [5.41, 5.74) is -0.461. The van der Waals surface area contributed by atoms with Gasteiger partial charge in [-0.25, -0.2) is 4.79 Å². The van der Waals surface area contributed by atoms with E-state index in [0.717, 1.165) is 24.6 Å². The normalized spacial score (nSPS) is 15.9. The summed E-state index contributed by atoms with van der Waals surface area (Å²) in [4.78, 5) is 17.9. The number of aryl methyl sites for hydroxylation is 1. The van der Waals surface area contributed by atoms with Gasteiger partial charge < -0.3 is 14.2 Å². The average Bonchev–Trinajstić information content (AvgIpc) is 2.73. The lowest BCUT2D eigenvalue weighted by atomic mass is 10.0. The van der Waals surface area contributed by atoms with Crippen molar-refractivity contribution in [2.75, 3.05) is 18.4 Å². The number of rotatable bonds is 5. The third-order valence-corrected chi connectivity index (χ3v) is 3.72. The number of carbonyl (C=O) groups excluding carboxylic acids is 1. The number of halogens is 1. The van der Waals surface area contributed by atoms with E-state index in [4.69, 9.17) is 9.26 Å². The lowest BCUT2D eigenvalue weighted by molar-refractivity contribution is 0.00734. The maximum absolute atomic E-state index is 11.8. The van der Waals surface area contributed by atoms with Crippen LogP contribution in [-0.2, 0) is 11.2 Å². The van der Waals surface area contributed by atoms with Crippen molar-refractivity contribution in [3.8, 4) is 0 Å². The van der Waals surface area contributed by atoms with Gasteiger partial charge in [0.15, 0.2) is 5.82 Å². The molecule has 0 N–H and O–H groups in total. The van der Waals surface area contributed by atoms with Crippen molar-refractivity contribution >= 4 is 22.0 Å². The molecule has 118 valence electrons. The van der Waals surface area contributed by atoms with Crippen molar-refractivity contribution in [3.05, 3.63) is 11.7 Å². The molecule has 1 amide bonds. The number of hydrogen-bond donors (Lipinski definition) is 0. The van der Waals surface area contributed by atoms with E-state index >= 15 is 0 Å². The van der Waals surface area contributed by atoms with Crippen LogP contribution in [0.3, 0.4) is 0 Å². The highest BCUT2D eigenvalue weighted by molar-refractivity contribution is 9.09. The second-order valence-electron chi connectivity index (χ2n) is 6.27. The Bertz CT molecular complexity index is 478. The van der Waals surface area contributed by atoms with Crippen molar-refractivity contribution in [1.82, 2.24) is 15.0 Å². The highest BCUT2D eigenvalue weighted by Gasteiger charge is 2.37. The first kappa shape index (κ1) is 16.3. The van der Waals surface area contributed by atoms with Crippen LogP contribution in [0.4, 0.5) is 4.79 Å². The summed E-state index contributed by atoms with van der Waals surface area (Å²) in [5, 5.41) is 5.00. The van der Waals surface area contributed by atoms with Crippen molar-refractivity contribution in [3.63, 3.8) is 0 Å². The van der Waals surface area contributed by atoms with Crippen molar-refractivity contribution in [1.29, 1.82) is 0 Å². The summed E-state index contributed by atoms with van der Waals surface area (Å²) in [5.74, 6) is 1.54. The molecule has 0 unspecified atom stereocenters. The molecular formula is C14H22BrN3O3. The number of unbranched alkanes of at least 4 members (excludes halogenated alkanes) is 1. The zero-order valence-corrected chi connectivity index (χ0v) is 14.4. The van der Waals surface area contributed by atoms with E-state index in [1.54, 1.807) is 4.90 Å². The molecule has 0 aromatic carbocycles. The van der Waals surface area contributed by atoms with Crippen molar-refractivity contribution in [2.24, 2.45) is 0 Å². The molecule has 1 aliphatic rings. The summed E-state index contributed by atoms with van der Waals surface area (Å²) < 4.78 is 10.5. The molecule has 1 fully saturated rings. The van der Waals surface area contributed by atoms with E-state index < -0.39 is 5.60 Å². The fourth-order valence-electron chi connectivity index (χ4n) is 2.02. The van der Waals surface area contributed by atoms with Gasteiger partial charge in [0.25, 0.3) is 0 Å². The predicted molar refractivity (Wildman–Crippen MR) is 81.6 cm³/mol. The SMILES string of the molecule is CC(C)(C)OC(=O)N1CC(c2noc(CCCCBr)n2)C1. The quantitative estimate of drug-likeness (QED) is 0.596. The first-order valence-electron chi connectivity index (χ1n) is 7.25. The van der Waals surface area contributed by atoms with Crippen LogP contribution in [0, 0.1) is 0 Å². The Hall–Kier alpha value is -1.11. The third-order valence-electron chi connectivity index (χ3n) is 3.16. The molecule has 1 aliphatic heterocycles. The molecule has 0 bridgehead atoms. The van der Waals surface area contributed by atoms with Gasteiger partial charge in [-0.2, -0.15) is 4.98 Å². The summed E-state index contributed by atoms with van der Waals surface area (Å²) in [6, 6.07) is 0. The number of ether oxygens (including phenoxy) is 1. The molecule has 6 nitrogen and oxygen atoms in total. The van der Waals surface area contributed by atoms with Crippen LogP contribution in [0.25, 0.3) is 0 Å². The average molecular weight is 360 g/mol. The van der Waals surface area contributed by atoms with Gasteiger partial charge in [0.05, 0.1) is 5.92 Å². The monoisotopic (exact) mass is 359 g/mol. The molecule has 21 heavy (non-hydrogen) atoms. The van der Waals surface area contributed by atoms with Gasteiger partial charge in [0, 0.05) is 24.8 Å². The van der Waals surface area contributed by atoms with Crippen LogP contribution in [0.1, 0.15) is 51.2 Å². The minimum absolute atomic E-state index is 0.159. The van der Waals surface area contributed by atoms with Crippen LogP contribution in [0.15, 0.2) is 4.52 Å². The van der Waals surface area contributed by atoms with E-state index in [0.29, 0.717) is 24.8 Å². The zero-order chi connectivity index (χ0) is 15.5. The maximum Gasteiger partial charge on any atom is 0.410 e. The van der Waals surface area contributed by atoms with Crippen LogP contribution in [0.5, 0.6) is 0 Å². The van der Waals surface area contributed by atoms with E-state index in [-0.39, 0.29) is 12.0 Å². The molecule has 7 heteroatoms. The fraction of sp³-hybridized carbons (Fsp3) is 0.786. The Morgan fingerprint density at radius 2 is 2.14 bits per heavy atom. The number of hydrogen-bond acceptors (Lipinski definition) is 5. The van der Waals surface area contributed by atoms with E-state index in [1.807, 2.05) is 20.8 Å². The molecule has 1 saturated heterocycles. The Morgan fingerprint density at radius 3 is 2.76 bits per heavy atom. The first-order valence-corrected chi connectivity index (χ1v) is 8.37. The molecule has 2 rings (SSSR count). The Kier molecular flexibility index (Phi) is 5.24. The second-order valence-corrected chi connectivity index (χ2v) is 7.07. The zero-order valence-electron chi connectivity index (χ0n) is 12.8. The standard InChI is InChI=1S/C14H22BrN3O3/c1-14(2,3)20-13(19)18-8-10(9-18)12-16-11(21-17-12)6-4-5-7-15/h10H,4-9H2,1-3H3. The third kappa shape index (κ3) is 4.69. The topological polar surface area (TPSA) is 68.5 Å². The van der Waals surface area contributed by atoms with Gasteiger partial charge in [-0.05, 0) is 33.6 Å².